The summed E-state index contributed by atoms with van der Waals surface area (Å²) in [7, 11) is 0. The molecule has 0 amide bonds. The van der Waals surface area contributed by atoms with E-state index < -0.39 is 0 Å². The van der Waals surface area contributed by atoms with Crippen LogP contribution in [0.4, 0.5) is 0 Å². The molecule has 1 fully saturated rings. The minimum Gasteiger partial charge on any atom is -0.364 e. The Kier molecular flexibility index (Phi) is 1.89. The van der Waals surface area contributed by atoms with Gasteiger partial charge in [-0.05, 0) is 25.7 Å². The SMILES string of the molecule is CC(N)c1nocc1C1CCC1. The van der Waals surface area contributed by atoms with Crippen LogP contribution in [0.1, 0.15) is 49.4 Å². The molecule has 12 heavy (non-hydrogen) atoms. The minimum atomic E-state index is -0.000602. The molecule has 1 aromatic heterocycles. The number of nitrogens with two attached hydrogens (primary N) is 1. The van der Waals surface area contributed by atoms with E-state index in [0.29, 0.717) is 5.92 Å². The lowest BCUT2D eigenvalue weighted by Crippen LogP contribution is -2.14. The normalized spacial score (nSPS) is 20.5. The number of hydrogen-bond acceptors (Lipinski definition) is 3. The Morgan fingerprint density at radius 1 is 1.67 bits per heavy atom. The van der Waals surface area contributed by atoms with Crippen molar-refractivity contribution in [1.82, 2.24) is 5.16 Å². The van der Waals surface area contributed by atoms with Crippen LogP contribution in [-0.4, -0.2) is 5.16 Å². The molecule has 66 valence electrons. The first-order valence-electron chi connectivity index (χ1n) is 4.49. The Bertz CT molecular complexity index is 263. The smallest absolute Gasteiger partial charge is 0.127 e. The predicted molar refractivity (Wildman–Crippen MR) is 45.7 cm³/mol. The first-order valence-corrected chi connectivity index (χ1v) is 4.49. The van der Waals surface area contributed by atoms with Crippen LogP contribution in [0.2, 0.25) is 0 Å². The number of aromatic nitrogens is 1. The largest absolute Gasteiger partial charge is 0.364 e. The van der Waals surface area contributed by atoms with Gasteiger partial charge in [0, 0.05) is 11.6 Å². The maximum Gasteiger partial charge on any atom is 0.127 e. The van der Waals surface area contributed by atoms with E-state index in [9.17, 15) is 0 Å². The molecule has 1 atom stereocenters. The summed E-state index contributed by atoms with van der Waals surface area (Å²) in [6.07, 6.45) is 5.61. The van der Waals surface area contributed by atoms with Crippen molar-refractivity contribution in [1.29, 1.82) is 0 Å². The van der Waals surface area contributed by atoms with Crippen molar-refractivity contribution in [2.75, 3.05) is 0 Å². The summed E-state index contributed by atoms with van der Waals surface area (Å²) in [5.74, 6) is 0.664. The Labute approximate surface area is 71.9 Å². The topological polar surface area (TPSA) is 52.0 Å². The van der Waals surface area contributed by atoms with Gasteiger partial charge in [0.1, 0.15) is 12.0 Å². The second-order valence-electron chi connectivity index (χ2n) is 3.57. The molecule has 1 aromatic rings. The van der Waals surface area contributed by atoms with Crippen LogP contribution in [0.25, 0.3) is 0 Å². The molecule has 0 radical (unpaired) electrons. The predicted octanol–water partition coefficient (Wildman–Crippen LogP) is 1.96. The van der Waals surface area contributed by atoms with Crippen molar-refractivity contribution in [3.8, 4) is 0 Å². The van der Waals surface area contributed by atoms with Crippen molar-refractivity contribution in [2.24, 2.45) is 5.73 Å². The monoisotopic (exact) mass is 166 g/mol. The summed E-state index contributed by atoms with van der Waals surface area (Å²) < 4.78 is 4.93. The third kappa shape index (κ3) is 1.14. The highest BCUT2D eigenvalue weighted by Gasteiger charge is 2.25. The fourth-order valence-electron chi connectivity index (χ4n) is 1.62. The summed E-state index contributed by atoms with van der Waals surface area (Å²) >= 11 is 0. The van der Waals surface area contributed by atoms with Gasteiger partial charge in [-0.15, -0.1) is 0 Å². The van der Waals surface area contributed by atoms with E-state index in [1.165, 1.54) is 24.8 Å². The lowest BCUT2D eigenvalue weighted by atomic mass is 9.79. The second-order valence-corrected chi connectivity index (χ2v) is 3.57. The van der Waals surface area contributed by atoms with Gasteiger partial charge >= 0.3 is 0 Å². The van der Waals surface area contributed by atoms with E-state index in [1.807, 2.05) is 6.92 Å². The summed E-state index contributed by atoms with van der Waals surface area (Å²) in [6, 6.07) is -0.000602. The van der Waals surface area contributed by atoms with Crippen molar-refractivity contribution in [3.05, 3.63) is 17.5 Å². The first kappa shape index (κ1) is 7.80. The Hall–Kier alpha value is -0.830. The van der Waals surface area contributed by atoms with Crippen molar-refractivity contribution in [3.63, 3.8) is 0 Å². The summed E-state index contributed by atoms with van der Waals surface area (Å²) in [5, 5.41) is 3.92. The third-order valence-corrected chi connectivity index (χ3v) is 2.60. The summed E-state index contributed by atoms with van der Waals surface area (Å²) in [4.78, 5) is 0. The molecule has 1 unspecified atom stereocenters. The summed E-state index contributed by atoms with van der Waals surface area (Å²) in [5.41, 5.74) is 7.93. The maximum absolute atomic E-state index is 5.75. The molecule has 0 spiro atoms. The van der Waals surface area contributed by atoms with Gasteiger partial charge in [0.05, 0.1) is 0 Å². The van der Waals surface area contributed by atoms with Gasteiger partial charge in [0.2, 0.25) is 0 Å². The van der Waals surface area contributed by atoms with E-state index >= 15 is 0 Å². The number of rotatable bonds is 2. The van der Waals surface area contributed by atoms with E-state index in [4.69, 9.17) is 10.3 Å². The maximum atomic E-state index is 5.75. The van der Waals surface area contributed by atoms with Crippen LogP contribution in [-0.2, 0) is 0 Å². The van der Waals surface area contributed by atoms with Gasteiger partial charge in [-0.3, -0.25) is 0 Å². The average molecular weight is 166 g/mol. The molecule has 2 N–H and O–H groups in total. The summed E-state index contributed by atoms with van der Waals surface area (Å²) in [6.45, 7) is 1.94. The Balaban J connectivity index is 2.23. The Morgan fingerprint density at radius 2 is 2.42 bits per heavy atom. The fraction of sp³-hybridized carbons (Fsp3) is 0.667. The van der Waals surface area contributed by atoms with Gasteiger partial charge in [-0.1, -0.05) is 11.6 Å². The molecular weight excluding hydrogens is 152 g/mol. The van der Waals surface area contributed by atoms with Crippen LogP contribution in [0.5, 0.6) is 0 Å². The molecule has 1 aliphatic rings. The lowest BCUT2D eigenvalue weighted by molar-refractivity contribution is 0.399. The van der Waals surface area contributed by atoms with Gasteiger partial charge in [0.15, 0.2) is 0 Å². The zero-order chi connectivity index (χ0) is 8.55. The highest BCUT2D eigenvalue weighted by molar-refractivity contribution is 5.23. The van der Waals surface area contributed by atoms with Gasteiger partial charge in [0.25, 0.3) is 0 Å². The molecule has 0 saturated heterocycles. The van der Waals surface area contributed by atoms with Crippen LogP contribution >= 0.6 is 0 Å². The highest BCUT2D eigenvalue weighted by atomic mass is 16.5. The van der Waals surface area contributed by atoms with Gasteiger partial charge in [-0.25, -0.2) is 0 Å². The molecule has 3 heteroatoms. The van der Waals surface area contributed by atoms with Crippen LogP contribution in [0, 0.1) is 0 Å². The van der Waals surface area contributed by atoms with Gasteiger partial charge in [-0.2, -0.15) is 0 Å². The van der Waals surface area contributed by atoms with Crippen molar-refractivity contribution >= 4 is 0 Å². The minimum absolute atomic E-state index is 0.000602. The van der Waals surface area contributed by atoms with E-state index in [1.54, 1.807) is 6.26 Å². The molecule has 1 heterocycles. The fourth-order valence-corrected chi connectivity index (χ4v) is 1.62. The molecule has 1 aliphatic carbocycles. The molecule has 1 saturated carbocycles. The highest BCUT2D eigenvalue weighted by Crippen LogP contribution is 2.38. The molecule has 0 aromatic carbocycles. The molecule has 2 rings (SSSR count). The molecular formula is C9H14N2O. The van der Waals surface area contributed by atoms with Crippen molar-refractivity contribution in [2.45, 2.75) is 38.1 Å². The van der Waals surface area contributed by atoms with Crippen LogP contribution in [0.15, 0.2) is 10.8 Å². The standard InChI is InChI=1S/C9H14N2O/c1-6(10)9-8(5-12-11-9)7-3-2-4-7/h5-7H,2-4,10H2,1H3. The zero-order valence-electron chi connectivity index (χ0n) is 7.29. The molecule has 3 nitrogen and oxygen atoms in total. The van der Waals surface area contributed by atoms with E-state index in [-0.39, 0.29) is 6.04 Å². The third-order valence-electron chi connectivity index (χ3n) is 2.60. The Morgan fingerprint density at radius 3 is 2.92 bits per heavy atom. The second kappa shape index (κ2) is 2.90. The first-order chi connectivity index (χ1) is 5.79. The van der Waals surface area contributed by atoms with Crippen LogP contribution in [0.3, 0.4) is 0 Å². The quantitative estimate of drug-likeness (QED) is 0.730. The lowest BCUT2D eigenvalue weighted by Gasteiger charge is -2.25. The van der Waals surface area contributed by atoms with Crippen LogP contribution < -0.4 is 5.73 Å². The van der Waals surface area contributed by atoms with Crippen molar-refractivity contribution < 1.29 is 4.52 Å². The van der Waals surface area contributed by atoms with E-state index in [2.05, 4.69) is 5.16 Å². The number of nitrogens with zero attached hydrogens (tertiary/aromatic N) is 1. The molecule has 0 bridgehead atoms. The zero-order valence-corrected chi connectivity index (χ0v) is 7.29. The molecule has 0 aliphatic heterocycles. The van der Waals surface area contributed by atoms with E-state index in [0.717, 1.165) is 5.69 Å². The average Bonchev–Trinajstić information content (AvgIpc) is 2.31. The number of hydrogen-bond donors (Lipinski definition) is 1. The van der Waals surface area contributed by atoms with Gasteiger partial charge < -0.3 is 10.3 Å².